The van der Waals surface area contributed by atoms with Crippen LogP contribution in [0.15, 0.2) is 24.3 Å². The maximum absolute atomic E-state index is 4.88. The topological polar surface area (TPSA) is 9.23 Å². The van der Waals surface area contributed by atoms with Gasteiger partial charge in [-0.3, -0.25) is 0 Å². The molecule has 40 valence electrons. The van der Waals surface area contributed by atoms with Gasteiger partial charge in [-0.15, -0.1) is 4.43 Å². The molecule has 9 heavy (non-hydrogen) atoms. The lowest BCUT2D eigenvalue weighted by molar-refractivity contribution is 0.616. The Hall–Kier alpha value is 0.0849. The number of rotatable bonds is 1. The van der Waals surface area contributed by atoms with Crippen molar-refractivity contribution in [2.24, 2.45) is 0 Å². The summed E-state index contributed by atoms with van der Waals surface area (Å²) in [5.41, 5.74) is 0. The van der Waals surface area contributed by atoms with Crippen molar-refractivity contribution in [1.82, 2.24) is 0 Å². The molecule has 0 spiro atoms. The SMILES string of the molecule is [Al][O]c1cc[c]([Al])cc1. The molecule has 0 aliphatic heterocycles. The minimum atomic E-state index is 0.867. The van der Waals surface area contributed by atoms with Crippen molar-refractivity contribution in [1.29, 1.82) is 0 Å². The highest BCUT2D eigenvalue weighted by atomic mass is 27.1. The predicted octanol–water partition coefficient (Wildman–Crippen LogP) is -0.0573. The Morgan fingerprint density at radius 3 is 2.11 bits per heavy atom. The summed E-state index contributed by atoms with van der Waals surface area (Å²) in [4.78, 5) is 0. The Morgan fingerprint density at radius 2 is 1.67 bits per heavy atom. The maximum atomic E-state index is 4.88. The lowest BCUT2D eigenvalue weighted by Gasteiger charge is -2.00. The van der Waals surface area contributed by atoms with E-state index in [1.165, 1.54) is 4.43 Å². The molecule has 0 atom stereocenters. The fourth-order valence-corrected chi connectivity index (χ4v) is 0.896. The standard InChI is InChI=1S/C6H5O.2Al/c7-6-4-2-1-3-5-6;;/h2-5,7H;;/q;;+1/p-1. The summed E-state index contributed by atoms with van der Waals surface area (Å²) in [6.45, 7) is 0. The van der Waals surface area contributed by atoms with Crippen LogP contribution in [0.4, 0.5) is 0 Å². The summed E-state index contributed by atoms with van der Waals surface area (Å²) in [5, 5.41) is 0. The Labute approximate surface area is 71.2 Å². The molecule has 0 aliphatic rings. The van der Waals surface area contributed by atoms with Crippen molar-refractivity contribution in [2.75, 3.05) is 0 Å². The van der Waals surface area contributed by atoms with Crippen LogP contribution >= 0.6 is 0 Å². The Morgan fingerprint density at radius 1 is 1.11 bits per heavy atom. The van der Waals surface area contributed by atoms with E-state index in [1.54, 1.807) is 0 Å². The van der Waals surface area contributed by atoms with Crippen LogP contribution in [0.3, 0.4) is 0 Å². The fraction of sp³-hybridized carbons (Fsp3) is 0. The third-order valence-corrected chi connectivity index (χ3v) is 1.67. The minimum absolute atomic E-state index is 0.867. The van der Waals surface area contributed by atoms with Gasteiger partial charge in [-0.25, -0.2) is 0 Å². The molecule has 0 saturated heterocycles. The second-order valence-corrected chi connectivity index (χ2v) is 2.59. The molecule has 1 aromatic carbocycles. The molecule has 0 aliphatic carbocycles. The van der Waals surface area contributed by atoms with Gasteiger partial charge in [0.15, 0.2) is 16.3 Å². The van der Waals surface area contributed by atoms with E-state index in [0.29, 0.717) is 0 Å². The highest BCUT2D eigenvalue weighted by Gasteiger charge is 1.83. The smallest absolute Gasteiger partial charge is 0.482 e. The average Bonchev–Trinajstić information content (AvgIpc) is 1.90. The zero-order chi connectivity index (χ0) is 6.69. The van der Waals surface area contributed by atoms with Crippen LogP contribution in [0.25, 0.3) is 0 Å². The van der Waals surface area contributed by atoms with Gasteiger partial charge in [0.25, 0.3) is 0 Å². The van der Waals surface area contributed by atoms with Gasteiger partial charge in [-0.05, 0) is 12.1 Å². The highest BCUT2D eigenvalue weighted by Crippen LogP contribution is 2.03. The molecule has 0 N–H and O–H groups in total. The Kier molecular flexibility index (Phi) is 2.64. The largest absolute Gasteiger partial charge is 0.654 e. The van der Waals surface area contributed by atoms with Crippen LogP contribution in [0, 0.1) is 0 Å². The third-order valence-electron chi connectivity index (χ3n) is 1.02. The molecule has 0 aromatic heterocycles. The van der Waals surface area contributed by atoms with E-state index >= 15 is 0 Å². The first kappa shape index (κ1) is 7.20. The van der Waals surface area contributed by atoms with E-state index in [-0.39, 0.29) is 0 Å². The van der Waals surface area contributed by atoms with E-state index in [9.17, 15) is 0 Å². The van der Waals surface area contributed by atoms with Crippen molar-refractivity contribution in [3.05, 3.63) is 24.3 Å². The minimum Gasteiger partial charge on any atom is -0.654 e. The summed E-state index contributed by atoms with van der Waals surface area (Å²) >= 11 is 4.81. The molecule has 1 aromatic rings. The maximum Gasteiger partial charge on any atom is 0.482 e. The van der Waals surface area contributed by atoms with Crippen molar-refractivity contribution in [2.45, 2.75) is 0 Å². The Balaban J connectivity index is 2.88. The van der Waals surface area contributed by atoms with Gasteiger partial charge in [-0.1, -0.05) is 12.1 Å². The molecular weight excluding hydrogens is 142 g/mol. The fourth-order valence-electron chi connectivity index (χ4n) is 0.546. The van der Waals surface area contributed by atoms with Crippen molar-refractivity contribution < 1.29 is 3.79 Å². The van der Waals surface area contributed by atoms with E-state index in [0.717, 1.165) is 5.75 Å². The van der Waals surface area contributed by atoms with Gasteiger partial charge in [0, 0.05) is 0 Å². The van der Waals surface area contributed by atoms with Crippen LogP contribution in [-0.2, 0) is 0 Å². The third kappa shape index (κ3) is 2.05. The molecule has 0 unspecified atom stereocenters. The van der Waals surface area contributed by atoms with Crippen molar-refractivity contribution in [3.8, 4) is 5.75 Å². The van der Waals surface area contributed by atoms with Crippen LogP contribution in [-0.4, -0.2) is 32.9 Å². The van der Waals surface area contributed by atoms with Crippen LogP contribution < -0.4 is 8.21 Å². The lowest BCUT2D eigenvalue weighted by atomic mass is 10.3. The van der Waals surface area contributed by atoms with Gasteiger partial charge in [0.05, 0.1) is 5.75 Å². The molecule has 0 amide bonds. The predicted molar refractivity (Wildman–Crippen MR) is 38.2 cm³/mol. The van der Waals surface area contributed by atoms with Gasteiger partial charge in [0.1, 0.15) is 0 Å². The summed E-state index contributed by atoms with van der Waals surface area (Å²) in [5.74, 6) is 0.867. The van der Waals surface area contributed by atoms with Gasteiger partial charge in [-0.2, -0.15) is 0 Å². The summed E-state index contributed by atoms with van der Waals surface area (Å²) < 4.78 is 6.04. The quantitative estimate of drug-likeness (QED) is 0.504. The molecule has 0 heterocycles. The molecule has 1 nitrogen and oxygen atoms in total. The van der Waals surface area contributed by atoms with Crippen molar-refractivity contribution >= 4 is 37.3 Å². The number of hydrogen-bond acceptors (Lipinski definition) is 1. The monoisotopic (exact) mass is 146 g/mol. The lowest BCUT2D eigenvalue weighted by Crippen LogP contribution is -1.99. The normalized spacial score (nSPS) is 8.89. The number of hydrogen-bond donors (Lipinski definition) is 0. The second kappa shape index (κ2) is 3.30. The summed E-state index contributed by atoms with van der Waals surface area (Å²) in [6, 6.07) is 7.78. The van der Waals surface area contributed by atoms with E-state index < -0.39 is 0 Å². The molecule has 4 radical (unpaired) electrons. The highest BCUT2D eigenvalue weighted by molar-refractivity contribution is 6.32. The first-order valence-electron chi connectivity index (χ1n) is 2.55. The summed E-state index contributed by atoms with van der Waals surface area (Å²) in [7, 11) is 0. The average molecular weight is 146 g/mol. The van der Waals surface area contributed by atoms with Crippen molar-refractivity contribution in [3.63, 3.8) is 0 Å². The van der Waals surface area contributed by atoms with Gasteiger partial charge < -0.3 is 3.79 Å². The van der Waals surface area contributed by atoms with Crippen LogP contribution in [0.5, 0.6) is 5.75 Å². The van der Waals surface area contributed by atoms with E-state index in [1.807, 2.05) is 24.3 Å². The molecule has 0 bridgehead atoms. The number of benzene rings is 1. The molecule has 0 fully saturated rings. The second-order valence-electron chi connectivity index (χ2n) is 1.69. The zero-order valence-electron chi connectivity index (χ0n) is 4.87. The molecule has 3 heteroatoms. The zero-order valence-corrected chi connectivity index (χ0v) is 7.18. The van der Waals surface area contributed by atoms with Crippen LogP contribution in [0.1, 0.15) is 0 Å². The first-order chi connectivity index (χ1) is 4.33. The van der Waals surface area contributed by atoms with Gasteiger partial charge >= 0.3 is 16.6 Å². The first-order valence-corrected chi connectivity index (χ1v) is 3.60. The van der Waals surface area contributed by atoms with Crippen LogP contribution in [0.2, 0.25) is 0 Å². The van der Waals surface area contributed by atoms with E-state index in [4.69, 9.17) is 3.79 Å². The van der Waals surface area contributed by atoms with E-state index in [2.05, 4.69) is 32.9 Å². The Bertz CT molecular complexity index is 183. The summed E-state index contributed by atoms with van der Waals surface area (Å²) in [6.07, 6.45) is 0. The van der Waals surface area contributed by atoms with Gasteiger partial charge in [0.2, 0.25) is 0 Å². The molecule has 0 saturated carbocycles. The molecule has 1 rings (SSSR count). The molecular formula is C6H4Al2O.